The number of ketones is 1. The van der Waals surface area contributed by atoms with Crippen LogP contribution in [-0.4, -0.2) is 77.5 Å². The zero-order chi connectivity index (χ0) is 30.7. The van der Waals surface area contributed by atoms with Crippen LogP contribution in [0.3, 0.4) is 0 Å². The maximum atomic E-state index is 14.0. The molecule has 10 heteroatoms. The van der Waals surface area contributed by atoms with Gasteiger partial charge in [-0.3, -0.25) is 9.69 Å². The third kappa shape index (κ3) is 7.61. The third-order valence-electron chi connectivity index (χ3n) is 7.64. The SMILES string of the molecule is Cc1ccc(CC(=O)Cc2ccc(CN3CCN(C)CC3)c(C(F)(F)F)c2)cc1C#Cc1ccn2nc(N(C)C)nc2c1. The molecule has 2 aromatic carbocycles. The van der Waals surface area contributed by atoms with Gasteiger partial charge in [-0.15, -0.1) is 5.10 Å². The molecule has 0 atom stereocenters. The van der Waals surface area contributed by atoms with E-state index in [-0.39, 0.29) is 30.7 Å². The first-order valence-corrected chi connectivity index (χ1v) is 14.2. The van der Waals surface area contributed by atoms with Gasteiger partial charge in [0.05, 0.1) is 5.56 Å². The number of anilines is 1. The summed E-state index contributed by atoms with van der Waals surface area (Å²) in [5, 5.41) is 4.39. The molecule has 3 heterocycles. The van der Waals surface area contributed by atoms with E-state index in [9.17, 15) is 18.0 Å². The molecular weight excluding hydrogens is 553 g/mol. The topological polar surface area (TPSA) is 57.0 Å². The molecule has 1 saturated heterocycles. The minimum atomic E-state index is -4.49. The second-order valence-corrected chi connectivity index (χ2v) is 11.4. The molecule has 0 aliphatic carbocycles. The van der Waals surface area contributed by atoms with Crippen LogP contribution in [0.25, 0.3) is 5.65 Å². The van der Waals surface area contributed by atoms with Gasteiger partial charge < -0.3 is 9.80 Å². The molecule has 0 N–H and O–H groups in total. The van der Waals surface area contributed by atoms with E-state index in [0.29, 0.717) is 17.2 Å². The van der Waals surface area contributed by atoms with Crippen molar-refractivity contribution in [2.45, 2.75) is 32.5 Å². The highest BCUT2D eigenvalue weighted by molar-refractivity contribution is 5.83. The lowest BCUT2D eigenvalue weighted by Crippen LogP contribution is -2.44. The molecule has 2 aromatic heterocycles. The van der Waals surface area contributed by atoms with Gasteiger partial charge >= 0.3 is 6.18 Å². The largest absolute Gasteiger partial charge is 0.416 e. The van der Waals surface area contributed by atoms with E-state index >= 15 is 0 Å². The summed E-state index contributed by atoms with van der Waals surface area (Å²) >= 11 is 0. The van der Waals surface area contributed by atoms with Crippen LogP contribution >= 0.6 is 0 Å². The van der Waals surface area contributed by atoms with Crippen LogP contribution in [0.5, 0.6) is 0 Å². The van der Waals surface area contributed by atoms with Gasteiger partial charge in [-0.25, -0.2) is 4.52 Å². The fourth-order valence-corrected chi connectivity index (χ4v) is 5.09. The van der Waals surface area contributed by atoms with E-state index in [1.807, 2.05) is 74.4 Å². The lowest BCUT2D eigenvalue weighted by Gasteiger charge is -2.33. The molecule has 0 saturated carbocycles. The van der Waals surface area contributed by atoms with Gasteiger partial charge in [-0.05, 0) is 60.5 Å². The standard InChI is InChI=1S/C33H35F3N6O/c1-23-5-6-25(17-27(23)9-7-24-11-12-42-31(21-24)37-32(38-42)39(2)3)18-29(43)19-26-8-10-28(30(20-26)33(34,35)36)22-41-15-13-40(4)14-16-41/h5-6,8,10-12,17,20-21H,13-16,18-19,22H2,1-4H3. The Balaban J connectivity index is 1.27. The second kappa shape index (κ2) is 12.6. The average Bonchev–Trinajstić information content (AvgIpc) is 3.39. The predicted molar refractivity (Wildman–Crippen MR) is 161 cm³/mol. The number of aromatic nitrogens is 3. The summed E-state index contributed by atoms with van der Waals surface area (Å²) in [6.07, 6.45) is -2.64. The van der Waals surface area contributed by atoms with Gasteiger partial charge in [-0.2, -0.15) is 18.2 Å². The quantitative estimate of drug-likeness (QED) is 0.294. The minimum absolute atomic E-state index is 0.0694. The van der Waals surface area contributed by atoms with E-state index in [1.54, 1.807) is 10.6 Å². The number of nitrogens with zero attached hydrogens (tertiary/aromatic N) is 6. The van der Waals surface area contributed by atoms with Gasteiger partial charge in [0, 0.05) is 77.0 Å². The van der Waals surface area contributed by atoms with Crippen LogP contribution in [0.4, 0.5) is 19.1 Å². The van der Waals surface area contributed by atoms with Crippen molar-refractivity contribution in [1.82, 2.24) is 24.4 Å². The summed E-state index contributed by atoms with van der Waals surface area (Å²) < 4.78 is 43.6. The van der Waals surface area contributed by atoms with Crippen LogP contribution in [0.2, 0.25) is 0 Å². The highest BCUT2D eigenvalue weighted by atomic mass is 19.4. The minimum Gasteiger partial charge on any atom is -0.346 e. The molecule has 0 amide bonds. The number of hydrogen-bond acceptors (Lipinski definition) is 6. The summed E-state index contributed by atoms with van der Waals surface area (Å²) in [6.45, 7) is 5.31. The Morgan fingerprint density at radius 2 is 1.65 bits per heavy atom. The number of benzene rings is 2. The van der Waals surface area contributed by atoms with Crippen LogP contribution < -0.4 is 4.90 Å². The Morgan fingerprint density at radius 1 is 0.953 bits per heavy atom. The highest BCUT2D eigenvalue weighted by Crippen LogP contribution is 2.33. The van der Waals surface area contributed by atoms with E-state index in [4.69, 9.17) is 0 Å². The van der Waals surface area contributed by atoms with Crippen LogP contribution in [0.1, 0.15) is 38.9 Å². The zero-order valence-corrected chi connectivity index (χ0v) is 24.9. The van der Waals surface area contributed by atoms with Crippen molar-refractivity contribution in [2.75, 3.05) is 52.2 Å². The number of hydrogen-bond donors (Lipinski definition) is 0. The van der Waals surface area contributed by atoms with Gasteiger partial charge in [0.25, 0.3) is 0 Å². The molecule has 4 aromatic rings. The molecule has 1 aliphatic heterocycles. The van der Waals surface area contributed by atoms with Crippen molar-refractivity contribution in [3.8, 4) is 11.8 Å². The number of aryl methyl sites for hydroxylation is 1. The Labute approximate surface area is 249 Å². The molecule has 43 heavy (non-hydrogen) atoms. The van der Waals surface area contributed by atoms with Crippen LogP contribution in [0.15, 0.2) is 54.7 Å². The fraction of sp³-hybridized carbons (Fsp3) is 0.364. The summed E-state index contributed by atoms with van der Waals surface area (Å²) in [7, 11) is 5.76. The van der Waals surface area contributed by atoms with Crippen molar-refractivity contribution in [3.05, 3.63) is 93.7 Å². The number of fused-ring (bicyclic) bond motifs is 1. The second-order valence-electron chi connectivity index (χ2n) is 11.4. The van der Waals surface area contributed by atoms with Crippen molar-refractivity contribution in [1.29, 1.82) is 0 Å². The van der Waals surface area contributed by atoms with Crippen molar-refractivity contribution < 1.29 is 18.0 Å². The molecular formula is C33H35F3N6O. The molecule has 1 aliphatic rings. The number of carbonyl (C=O) groups is 1. The maximum absolute atomic E-state index is 14.0. The number of pyridine rings is 1. The summed E-state index contributed by atoms with van der Waals surface area (Å²) in [5.41, 5.74) is 3.94. The van der Waals surface area contributed by atoms with E-state index in [2.05, 4.69) is 26.8 Å². The van der Waals surface area contributed by atoms with Crippen molar-refractivity contribution in [2.24, 2.45) is 0 Å². The third-order valence-corrected chi connectivity index (χ3v) is 7.64. The number of likely N-dealkylation sites (N-methyl/N-ethyl adjacent to an activating group) is 1. The summed E-state index contributed by atoms with van der Waals surface area (Å²) in [4.78, 5) is 23.5. The molecule has 0 unspecified atom stereocenters. The van der Waals surface area contributed by atoms with Gasteiger partial charge in [0.2, 0.25) is 5.95 Å². The zero-order valence-electron chi connectivity index (χ0n) is 24.9. The molecule has 1 fully saturated rings. The average molecular weight is 589 g/mol. The monoisotopic (exact) mass is 588 g/mol. The Hall–Kier alpha value is -4.20. The number of Topliss-reactive ketones (excluding diaryl/α,β-unsaturated/α-hetero) is 1. The van der Waals surface area contributed by atoms with Gasteiger partial charge in [0.15, 0.2) is 5.65 Å². The van der Waals surface area contributed by atoms with Gasteiger partial charge in [-0.1, -0.05) is 36.1 Å². The molecule has 5 rings (SSSR count). The smallest absolute Gasteiger partial charge is 0.346 e. The predicted octanol–water partition coefficient (Wildman–Crippen LogP) is 4.62. The van der Waals surface area contributed by atoms with E-state index < -0.39 is 11.7 Å². The van der Waals surface area contributed by atoms with E-state index in [0.717, 1.165) is 54.5 Å². The Bertz CT molecular complexity index is 1690. The van der Waals surface area contributed by atoms with Crippen LogP contribution in [-0.2, 0) is 30.4 Å². The lowest BCUT2D eigenvalue weighted by molar-refractivity contribution is -0.138. The maximum Gasteiger partial charge on any atom is 0.416 e. The van der Waals surface area contributed by atoms with Crippen molar-refractivity contribution >= 4 is 17.4 Å². The lowest BCUT2D eigenvalue weighted by atomic mass is 9.96. The number of piperazine rings is 1. The summed E-state index contributed by atoms with van der Waals surface area (Å²) in [6, 6.07) is 13.7. The number of alkyl halides is 3. The number of carbonyl (C=O) groups excluding carboxylic acids is 1. The number of rotatable bonds is 7. The first-order valence-electron chi connectivity index (χ1n) is 14.2. The first kappa shape index (κ1) is 30.3. The molecule has 224 valence electrons. The Kier molecular flexibility index (Phi) is 8.85. The number of halogens is 3. The van der Waals surface area contributed by atoms with E-state index in [1.165, 1.54) is 6.07 Å². The normalized spacial score (nSPS) is 14.5. The summed E-state index contributed by atoms with van der Waals surface area (Å²) in [5.74, 6) is 6.81. The molecule has 0 bridgehead atoms. The van der Waals surface area contributed by atoms with Crippen LogP contribution in [0, 0.1) is 18.8 Å². The Morgan fingerprint density at radius 3 is 2.35 bits per heavy atom. The molecule has 7 nitrogen and oxygen atoms in total. The highest BCUT2D eigenvalue weighted by Gasteiger charge is 2.34. The van der Waals surface area contributed by atoms with Crippen molar-refractivity contribution in [3.63, 3.8) is 0 Å². The fourth-order valence-electron chi connectivity index (χ4n) is 5.09. The van der Waals surface area contributed by atoms with Gasteiger partial charge in [0.1, 0.15) is 5.78 Å². The first-order chi connectivity index (χ1) is 20.4. The molecule has 0 radical (unpaired) electrons. The molecule has 0 spiro atoms.